The lowest BCUT2D eigenvalue weighted by molar-refractivity contribution is 0.339. The van der Waals surface area contributed by atoms with E-state index in [0.717, 1.165) is 17.0 Å². The van der Waals surface area contributed by atoms with Crippen molar-refractivity contribution in [1.29, 1.82) is 0 Å². The molecule has 0 aliphatic rings. The smallest absolute Gasteiger partial charge is 0.216 e. The number of methoxy groups -OCH3 is 1. The van der Waals surface area contributed by atoms with Crippen LogP contribution < -0.4 is 14.8 Å². The lowest BCUT2D eigenvalue weighted by Gasteiger charge is -2.17. The molecule has 0 aliphatic carbocycles. The summed E-state index contributed by atoms with van der Waals surface area (Å²) in [5, 5.41) is 3.25. The Kier molecular flexibility index (Phi) is 4.90. The second-order valence-corrected chi connectivity index (χ2v) is 4.21. The van der Waals surface area contributed by atoms with Crippen molar-refractivity contribution in [2.75, 3.05) is 20.8 Å². The van der Waals surface area contributed by atoms with Crippen LogP contribution in [0.4, 0.5) is 0 Å². The van der Waals surface area contributed by atoms with Gasteiger partial charge in [0.1, 0.15) is 12.1 Å². The van der Waals surface area contributed by atoms with Gasteiger partial charge in [0, 0.05) is 6.07 Å². The van der Waals surface area contributed by atoms with Crippen LogP contribution in [0, 0.1) is 0 Å². The van der Waals surface area contributed by atoms with Crippen molar-refractivity contribution >= 4 is 0 Å². The van der Waals surface area contributed by atoms with Crippen molar-refractivity contribution in [3.05, 3.63) is 47.9 Å². The van der Waals surface area contributed by atoms with Gasteiger partial charge in [0.25, 0.3) is 0 Å². The molecule has 1 aromatic heterocycles. The summed E-state index contributed by atoms with van der Waals surface area (Å²) < 4.78 is 10.7. The highest BCUT2D eigenvalue weighted by atomic mass is 16.5. The molecular formula is C15H19N3O2. The Bertz CT molecular complexity index is 560. The predicted octanol–water partition coefficient (Wildman–Crippen LogP) is 2.19. The van der Waals surface area contributed by atoms with E-state index in [1.807, 2.05) is 44.3 Å². The molecule has 0 fully saturated rings. The number of nitrogens with one attached hydrogen (secondary N) is 1. The Labute approximate surface area is 119 Å². The van der Waals surface area contributed by atoms with Crippen LogP contribution in [0.2, 0.25) is 0 Å². The fourth-order valence-corrected chi connectivity index (χ4v) is 2.06. The molecule has 0 aliphatic heterocycles. The van der Waals surface area contributed by atoms with E-state index in [0.29, 0.717) is 12.5 Å². The summed E-state index contributed by atoms with van der Waals surface area (Å²) in [5.74, 6) is 1.41. The molecular weight excluding hydrogens is 254 g/mol. The summed E-state index contributed by atoms with van der Waals surface area (Å²) in [7, 11) is 3.49. The molecule has 0 saturated heterocycles. The second kappa shape index (κ2) is 6.86. The summed E-state index contributed by atoms with van der Waals surface area (Å²) in [5.41, 5.74) is 1.94. The van der Waals surface area contributed by atoms with Gasteiger partial charge < -0.3 is 14.8 Å². The van der Waals surface area contributed by atoms with Crippen molar-refractivity contribution in [1.82, 2.24) is 15.3 Å². The van der Waals surface area contributed by atoms with Crippen molar-refractivity contribution in [2.24, 2.45) is 0 Å². The minimum Gasteiger partial charge on any atom is -0.494 e. The van der Waals surface area contributed by atoms with Crippen LogP contribution in [-0.2, 0) is 0 Å². The van der Waals surface area contributed by atoms with Gasteiger partial charge in [-0.15, -0.1) is 0 Å². The molecule has 106 valence electrons. The van der Waals surface area contributed by atoms with Crippen molar-refractivity contribution in [3.63, 3.8) is 0 Å². The average molecular weight is 273 g/mol. The number of rotatable bonds is 6. The van der Waals surface area contributed by atoms with Crippen LogP contribution in [0.5, 0.6) is 11.6 Å². The molecule has 20 heavy (non-hydrogen) atoms. The minimum atomic E-state index is -0.0349. The van der Waals surface area contributed by atoms with E-state index in [1.165, 1.54) is 6.33 Å². The largest absolute Gasteiger partial charge is 0.494 e. The zero-order chi connectivity index (χ0) is 14.4. The molecule has 0 amide bonds. The predicted molar refractivity (Wildman–Crippen MR) is 77.1 cm³/mol. The molecule has 2 aromatic rings. The maximum Gasteiger partial charge on any atom is 0.216 e. The zero-order valence-corrected chi connectivity index (χ0v) is 12.0. The van der Waals surface area contributed by atoms with Gasteiger partial charge in [-0.1, -0.05) is 12.1 Å². The highest BCUT2D eigenvalue weighted by Crippen LogP contribution is 2.25. The summed E-state index contributed by atoms with van der Waals surface area (Å²) in [6.45, 7) is 2.62. The van der Waals surface area contributed by atoms with E-state index in [2.05, 4.69) is 15.3 Å². The third-order valence-electron chi connectivity index (χ3n) is 2.96. The third-order valence-corrected chi connectivity index (χ3v) is 2.96. The molecule has 1 N–H and O–H groups in total. The van der Waals surface area contributed by atoms with Gasteiger partial charge in [-0.3, -0.25) is 0 Å². The SMILES string of the molecule is CCOc1cccc(C(NC)c2cc(OC)ncn2)c1. The van der Waals surface area contributed by atoms with Gasteiger partial charge in [-0.25, -0.2) is 9.97 Å². The summed E-state index contributed by atoms with van der Waals surface area (Å²) in [6.07, 6.45) is 1.50. The molecule has 0 radical (unpaired) electrons. The molecule has 1 heterocycles. The van der Waals surface area contributed by atoms with E-state index in [9.17, 15) is 0 Å². The minimum absolute atomic E-state index is 0.0349. The molecule has 5 nitrogen and oxygen atoms in total. The van der Waals surface area contributed by atoms with Crippen molar-refractivity contribution in [2.45, 2.75) is 13.0 Å². The molecule has 0 saturated carbocycles. The highest BCUT2D eigenvalue weighted by molar-refractivity contribution is 5.35. The Morgan fingerprint density at radius 3 is 2.80 bits per heavy atom. The summed E-state index contributed by atoms with van der Waals surface area (Å²) in [6, 6.07) is 9.77. The maximum atomic E-state index is 5.54. The Balaban J connectivity index is 2.33. The second-order valence-electron chi connectivity index (χ2n) is 4.21. The first-order valence-corrected chi connectivity index (χ1v) is 6.54. The maximum absolute atomic E-state index is 5.54. The zero-order valence-electron chi connectivity index (χ0n) is 12.0. The van der Waals surface area contributed by atoms with E-state index in [4.69, 9.17) is 9.47 Å². The lowest BCUT2D eigenvalue weighted by atomic mass is 10.0. The van der Waals surface area contributed by atoms with E-state index < -0.39 is 0 Å². The van der Waals surface area contributed by atoms with E-state index >= 15 is 0 Å². The standard InChI is InChI=1S/C15H19N3O2/c1-4-20-12-7-5-6-11(8-12)15(16-2)13-9-14(19-3)18-10-17-13/h5-10,15-16H,4H2,1-3H3. The lowest BCUT2D eigenvalue weighted by Crippen LogP contribution is -2.19. The molecule has 1 unspecified atom stereocenters. The Hall–Kier alpha value is -2.14. The van der Waals surface area contributed by atoms with Crippen LogP contribution in [0.15, 0.2) is 36.7 Å². The number of aromatic nitrogens is 2. The quantitative estimate of drug-likeness (QED) is 0.874. The average Bonchev–Trinajstić information content (AvgIpc) is 2.49. The molecule has 0 spiro atoms. The monoisotopic (exact) mass is 273 g/mol. The van der Waals surface area contributed by atoms with E-state index in [-0.39, 0.29) is 6.04 Å². The number of nitrogens with zero attached hydrogens (tertiary/aromatic N) is 2. The number of hydrogen-bond donors (Lipinski definition) is 1. The first-order valence-electron chi connectivity index (χ1n) is 6.54. The van der Waals surface area contributed by atoms with Crippen LogP contribution in [0.25, 0.3) is 0 Å². The number of ether oxygens (including phenoxy) is 2. The number of benzene rings is 1. The van der Waals surface area contributed by atoms with Gasteiger partial charge in [0.2, 0.25) is 5.88 Å². The molecule has 0 bridgehead atoms. The normalized spacial score (nSPS) is 11.9. The highest BCUT2D eigenvalue weighted by Gasteiger charge is 2.15. The van der Waals surface area contributed by atoms with Gasteiger partial charge >= 0.3 is 0 Å². The van der Waals surface area contributed by atoms with Crippen LogP contribution in [0.1, 0.15) is 24.2 Å². The third kappa shape index (κ3) is 3.24. The van der Waals surface area contributed by atoms with E-state index in [1.54, 1.807) is 7.11 Å². The van der Waals surface area contributed by atoms with Gasteiger partial charge in [0.15, 0.2) is 0 Å². The molecule has 2 rings (SSSR count). The van der Waals surface area contributed by atoms with Crippen LogP contribution >= 0.6 is 0 Å². The fourth-order valence-electron chi connectivity index (χ4n) is 2.06. The molecule has 5 heteroatoms. The fraction of sp³-hybridized carbons (Fsp3) is 0.333. The molecule has 1 aromatic carbocycles. The van der Waals surface area contributed by atoms with Gasteiger partial charge in [-0.2, -0.15) is 0 Å². The summed E-state index contributed by atoms with van der Waals surface area (Å²) in [4.78, 5) is 8.35. The molecule has 1 atom stereocenters. The van der Waals surface area contributed by atoms with Crippen LogP contribution in [0.3, 0.4) is 0 Å². The van der Waals surface area contributed by atoms with Gasteiger partial charge in [-0.05, 0) is 31.7 Å². The topological polar surface area (TPSA) is 56.3 Å². The number of hydrogen-bond acceptors (Lipinski definition) is 5. The first-order chi connectivity index (χ1) is 9.78. The van der Waals surface area contributed by atoms with Crippen molar-refractivity contribution < 1.29 is 9.47 Å². The first kappa shape index (κ1) is 14.3. The summed E-state index contributed by atoms with van der Waals surface area (Å²) >= 11 is 0. The van der Waals surface area contributed by atoms with Crippen LogP contribution in [-0.4, -0.2) is 30.7 Å². The van der Waals surface area contributed by atoms with Gasteiger partial charge in [0.05, 0.1) is 25.5 Å². The Morgan fingerprint density at radius 2 is 2.10 bits per heavy atom. The van der Waals surface area contributed by atoms with Crippen molar-refractivity contribution in [3.8, 4) is 11.6 Å². The Morgan fingerprint density at radius 1 is 1.25 bits per heavy atom.